The molecule has 0 aliphatic heterocycles. The van der Waals surface area contributed by atoms with Crippen molar-refractivity contribution in [1.29, 1.82) is 0 Å². The zero-order valence-corrected chi connectivity index (χ0v) is 11.0. The lowest BCUT2D eigenvalue weighted by atomic mass is 10.3. The van der Waals surface area contributed by atoms with Crippen molar-refractivity contribution < 1.29 is 14.7 Å². The molecule has 20 heavy (non-hydrogen) atoms. The molecule has 2 aromatic heterocycles. The monoisotopic (exact) mass is 277 g/mol. The number of nitrogens with zero attached hydrogens (tertiary/aromatic N) is 4. The second-order valence-corrected chi connectivity index (χ2v) is 4.28. The van der Waals surface area contributed by atoms with Crippen LogP contribution in [0.15, 0.2) is 24.7 Å². The summed E-state index contributed by atoms with van der Waals surface area (Å²) in [6.45, 7) is 0.169. The van der Waals surface area contributed by atoms with E-state index in [0.29, 0.717) is 18.7 Å². The van der Waals surface area contributed by atoms with Crippen LogP contribution in [0.4, 0.5) is 0 Å². The molecule has 0 aliphatic carbocycles. The van der Waals surface area contributed by atoms with E-state index in [9.17, 15) is 9.59 Å². The molecule has 2 heterocycles. The fourth-order valence-corrected chi connectivity index (χ4v) is 1.82. The van der Waals surface area contributed by atoms with E-state index in [-0.39, 0.29) is 12.5 Å². The smallest absolute Gasteiger partial charge is 0.323 e. The van der Waals surface area contributed by atoms with Crippen molar-refractivity contribution in [1.82, 2.24) is 24.6 Å². The summed E-state index contributed by atoms with van der Waals surface area (Å²) >= 11 is 0. The van der Waals surface area contributed by atoms with E-state index in [2.05, 4.69) is 15.5 Å². The molecule has 0 aliphatic rings. The first-order valence-electron chi connectivity index (χ1n) is 6.06. The van der Waals surface area contributed by atoms with Gasteiger partial charge in [-0.2, -0.15) is 0 Å². The number of carboxylic acid groups (broad SMARTS) is 1. The van der Waals surface area contributed by atoms with Gasteiger partial charge in [-0.15, -0.1) is 10.2 Å². The van der Waals surface area contributed by atoms with Gasteiger partial charge in [0.15, 0.2) is 0 Å². The average Bonchev–Trinajstić information content (AvgIpc) is 2.98. The van der Waals surface area contributed by atoms with Gasteiger partial charge in [-0.25, -0.2) is 0 Å². The highest BCUT2D eigenvalue weighted by atomic mass is 16.4. The van der Waals surface area contributed by atoms with Gasteiger partial charge < -0.3 is 19.6 Å². The Morgan fingerprint density at radius 1 is 1.45 bits per heavy atom. The Morgan fingerprint density at radius 3 is 2.90 bits per heavy atom. The van der Waals surface area contributed by atoms with E-state index in [1.54, 1.807) is 29.2 Å². The summed E-state index contributed by atoms with van der Waals surface area (Å²) in [7, 11) is 1.83. The molecule has 0 atom stereocenters. The fourth-order valence-electron chi connectivity index (χ4n) is 1.82. The van der Waals surface area contributed by atoms with E-state index >= 15 is 0 Å². The summed E-state index contributed by atoms with van der Waals surface area (Å²) in [5.41, 5.74) is 0.324. The maximum absolute atomic E-state index is 12.0. The van der Waals surface area contributed by atoms with Gasteiger partial charge in [0.2, 0.25) is 0 Å². The molecule has 0 spiro atoms. The summed E-state index contributed by atoms with van der Waals surface area (Å²) in [4.78, 5) is 22.6. The Bertz CT molecular complexity index is 616. The SMILES string of the molecule is Cn1cnnc1CCNC(=O)c1cccn1CC(=O)O. The van der Waals surface area contributed by atoms with E-state index in [0.717, 1.165) is 5.82 Å². The lowest BCUT2D eigenvalue weighted by molar-refractivity contribution is -0.137. The molecule has 8 nitrogen and oxygen atoms in total. The van der Waals surface area contributed by atoms with Gasteiger partial charge in [0.05, 0.1) is 0 Å². The highest BCUT2D eigenvalue weighted by Gasteiger charge is 2.12. The van der Waals surface area contributed by atoms with Crippen LogP contribution in [0.2, 0.25) is 0 Å². The van der Waals surface area contributed by atoms with Crippen LogP contribution in [0.5, 0.6) is 0 Å². The first-order valence-corrected chi connectivity index (χ1v) is 6.06. The maximum atomic E-state index is 12.0. The Kier molecular flexibility index (Phi) is 4.14. The van der Waals surface area contributed by atoms with Crippen LogP contribution in [0.25, 0.3) is 0 Å². The Balaban J connectivity index is 1.90. The summed E-state index contributed by atoms with van der Waals surface area (Å²) in [5.74, 6) is -0.529. The van der Waals surface area contributed by atoms with E-state index in [1.807, 2.05) is 7.05 Å². The predicted molar refractivity (Wildman–Crippen MR) is 69.1 cm³/mol. The van der Waals surface area contributed by atoms with Crippen LogP contribution in [0.3, 0.4) is 0 Å². The third-order valence-corrected chi connectivity index (χ3v) is 2.81. The number of hydrogen-bond acceptors (Lipinski definition) is 4. The summed E-state index contributed by atoms with van der Waals surface area (Å²) < 4.78 is 3.17. The topological polar surface area (TPSA) is 102 Å². The minimum absolute atomic E-state index is 0.237. The molecule has 2 rings (SSSR count). The van der Waals surface area contributed by atoms with Gasteiger partial charge in [-0.3, -0.25) is 9.59 Å². The van der Waals surface area contributed by atoms with Crippen LogP contribution in [0.1, 0.15) is 16.3 Å². The van der Waals surface area contributed by atoms with E-state index in [1.165, 1.54) is 4.57 Å². The third-order valence-electron chi connectivity index (χ3n) is 2.81. The van der Waals surface area contributed by atoms with Gasteiger partial charge in [-0.05, 0) is 12.1 Å². The minimum atomic E-state index is -0.991. The van der Waals surface area contributed by atoms with Gasteiger partial charge in [-0.1, -0.05) is 0 Å². The van der Waals surface area contributed by atoms with Crippen LogP contribution >= 0.6 is 0 Å². The zero-order valence-electron chi connectivity index (χ0n) is 11.0. The molecule has 0 saturated carbocycles. The molecule has 106 valence electrons. The number of nitrogens with one attached hydrogen (secondary N) is 1. The third kappa shape index (κ3) is 3.22. The van der Waals surface area contributed by atoms with Crippen LogP contribution in [0, 0.1) is 0 Å². The quantitative estimate of drug-likeness (QED) is 0.753. The number of carbonyl (C=O) groups excluding carboxylic acids is 1. The molecule has 0 bridgehead atoms. The Hall–Kier alpha value is -2.64. The lowest BCUT2D eigenvalue weighted by Crippen LogP contribution is -2.29. The molecule has 0 unspecified atom stereocenters. The number of rotatable bonds is 6. The van der Waals surface area contributed by atoms with Crippen LogP contribution in [-0.2, 0) is 24.8 Å². The number of hydrogen-bond donors (Lipinski definition) is 2. The summed E-state index contributed by atoms with van der Waals surface area (Å²) in [6, 6.07) is 3.22. The van der Waals surface area contributed by atoms with Crippen molar-refractivity contribution in [2.24, 2.45) is 7.05 Å². The molecule has 0 fully saturated rings. The van der Waals surface area contributed by atoms with E-state index in [4.69, 9.17) is 5.11 Å². The molecular weight excluding hydrogens is 262 g/mol. The van der Waals surface area contributed by atoms with Crippen molar-refractivity contribution in [2.45, 2.75) is 13.0 Å². The van der Waals surface area contributed by atoms with Crippen LogP contribution < -0.4 is 5.32 Å². The molecule has 8 heteroatoms. The molecule has 2 N–H and O–H groups in total. The highest BCUT2D eigenvalue weighted by Crippen LogP contribution is 2.02. The Morgan fingerprint density at radius 2 is 2.25 bits per heavy atom. The number of aryl methyl sites for hydroxylation is 1. The molecule has 0 radical (unpaired) electrons. The fraction of sp³-hybridized carbons (Fsp3) is 0.333. The second-order valence-electron chi connectivity index (χ2n) is 4.28. The van der Waals surface area contributed by atoms with Gasteiger partial charge in [0.25, 0.3) is 5.91 Å². The zero-order chi connectivity index (χ0) is 14.5. The summed E-state index contributed by atoms with van der Waals surface area (Å²) in [6.07, 6.45) is 3.71. The standard InChI is InChI=1S/C12H15N5O3/c1-16-8-14-15-10(16)4-5-13-12(20)9-3-2-6-17(9)7-11(18)19/h2-3,6,8H,4-5,7H2,1H3,(H,13,20)(H,18,19). The first kappa shape index (κ1) is 13.8. The Labute approximate surface area is 115 Å². The number of aliphatic carboxylic acids is 1. The number of carboxylic acids is 1. The van der Waals surface area contributed by atoms with Crippen molar-refractivity contribution in [2.75, 3.05) is 6.54 Å². The molecule has 0 aromatic carbocycles. The van der Waals surface area contributed by atoms with Gasteiger partial charge >= 0.3 is 5.97 Å². The van der Waals surface area contributed by atoms with Crippen molar-refractivity contribution in [3.05, 3.63) is 36.2 Å². The van der Waals surface area contributed by atoms with Gasteiger partial charge in [0.1, 0.15) is 24.4 Å². The largest absolute Gasteiger partial charge is 0.480 e. The lowest BCUT2D eigenvalue weighted by Gasteiger charge is -2.07. The van der Waals surface area contributed by atoms with E-state index < -0.39 is 5.97 Å². The number of aromatic nitrogens is 4. The highest BCUT2D eigenvalue weighted by molar-refractivity contribution is 5.93. The predicted octanol–water partition coefficient (Wildman–Crippen LogP) is -0.326. The van der Waals surface area contributed by atoms with Crippen molar-refractivity contribution in [3.8, 4) is 0 Å². The maximum Gasteiger partial charge on any atom is 0.323 e. The number of carbonyl (C=O) groups is 2. The van der Waals surface area contributed by atoms with Crippen LogP contribution in [-0.4, -0.2) is 42.9 Å². The van der Waals surface area contributed by atoms with Crippen molar-refractivity contribution >= 4 is 11.9 Å². The first-order chi connectivity index (χ1) is 9.58. The second kappa shape index (κ2) is 6.00. The van der Waals surface area contributed by atoms with Crippen molar-refractivity contribution in [3.63, 3.8) is 0 Å². The molecular formula is C12H15N5O3. The van der Waals surface area contributed by atoms with Gasteiger partial charge in [0, 0.05) is 26.2 Å². The average molecular weight is 277 g/mol. The molecule has 0 saturated heterocycles. The minimum Gasteiger partial charge on any atom is -0.480 e. The normalized spacial score (nSPS) is 10.4. The molecule has 1 amide bonds. The molecule has 2 aromatic rings. The number of amides is 1. The summed E-state index contributed by atoms with van der Waals surface area (Å²) in [5, 5.41) is 19.1.